The lowest BCUT2D eigenvalue weighted by Gasteiger charge is -2.05. The molecular formula is C19H14N4O3. The van der Waals surface area contributed by atoms with Crippen LogP contribution in [0.4, 0.5) is 5.69 Å². The number of aromatic amines is 1. The number of fused-ring (bicyclic) bond motifs is 1. The van der Waals surface area contributed by atoms with E-state index in [1.807, 2.05) is 42.5 Å². The third-order valence-electron chi connectivity index (χ3n) is 3.96. The first-order chi connectivity index (χ1) is 12.7. The minimum atomic E-state index is -0.440. The van der Waals surface area contributed by atoms with Crippen LogP contribution in [-0.4, -0.2) is 20.1 Å². The number of aromatic nitrogens is 3. The molecule has 0 fully saturated rings. The van der Waals surface area contributed by atoms with Crippen molar-refractivity contribution in [3.8, 4) is 17.1 Å². The highest BCUT2D eigenvalue weighted by Gasteiger charge is 2.09. The van der Waals surface area contributed by atoms with Crippen molar-refractivity contribution >= 4 is 16.5 Å². The Balaban J connectivity index is 1.46. The molecule has 0 aliphatic heterocycles. The molecule has 4 rings (SSSR count). The number of rotatable bonds is 5. The maximum atomic E-state index is 10.7. The summed E-state index contributed by atoms with van der Waals surface area (Å²) >= 11 is 0. The van der Waals surface area contributed by atoms with Crippen LogP contribution >= 0.6 is 0 Å². The second-order valence-corrected chi connectivity index (χ2v) is 5.71. The van der Waals surface area contributed by atoms with Gasteiger partial charge in [-0.2, -0.15) is 5.10 Å². The summed E-state index contributed by atoms with van der Waals surface area (Å²) in [6.07, 6.45) is 0. The third kappa shape index (κ3) is 3.23. The minimum absolute atomic E-state index is 0.0316. The van der Waals surface area contributed by atoms with Crippen LogP contribution in [0.2, 0.25) is 0 Å². The van der Waals surface area contributed by atoms with Gasteiger partial charge in [0, 0.05) is 17.7 Å². The molecule has 128 valence electrons. The van der Waals surface area contributed by atoms with Gasteiger partial charge >= 0.3 is 0 Å². The lowest BCUT2D eigenvalue weighted by Crippen LogP contribution is -1.97. The normalized spacial score (nSPS) is 10.8. The number of nitro groups is 1. The van der Waals surface area contributed by atoms with Crippen molar-refractivity contribution in [2.45, 2.75) is 6.61 Å². The summed E-state index contributed by atoms with van der Waals surface area (Å²) in [7, 11) is 0. The standard InChI is InChI=1S/C19H14N4O3/c24-23(25)16-8-5-14(6-9-16)19-20-18(21-22-19)12-26-17-10-7-13-3-1-2-4-15(13)11-17/h1-11H,12H2,(H,20,21,22). The molecule has 0 bridgehead atoms. The van der Waals surface area contributed by atoms with Crippen LogP contribution in [-0.2, 0) is 6.61 Å². The number of benzene rings is 3. The molecule has 0 saturated carbocycles. The van der Waals surface area contributed by atoms with Gasteiger partial charge in [-0.05, 0) is 35.0 Å². The quantitative estimate of drug-likeness (QED) is 0.433. The average molecular weight is 346 g/mol. The Morgan fingerprint density at radius 1 is 1.00 bits per heavy atom. The highest BCUT2D eigenvalue weighted by atomic mass is 16.6. The lowest BCUT2D eigenvalue weighted by molar-refractivity contribution is -0.384. The van der Waals surface area contributed by atoms with Gasteiger partial charge in [0.1, 0.15) is 12.4 Å². The molecule has 4 aromatic rings. The van der Waals surface area contributed by atoms with Crippen LogP contribution in [0.15, 0.2) is 66.7 Å². The molecule has 0 atom stereocenters. The first-order valence-electron chi connectivity index (χ1n) is 7.97. The molecule has 7 nitrogen and oxygen atoms in total. The third-order valence-corrected chi connectivity index (χ3v) is 3.96. The first kappa shape index (κ1) is 15.8. The largest absolute Gasteiger partial charge is 0.486 e. The molecule has 0 aliphatic rings. The fourth-order valence-electron chi connectivity index (χ4n) is 2.63. The maximum Gasteiger partial charge on any atom is 0.269 e. The summed E-state index contributed by atoms with van der Waals surface area (Å²) in [5.74, 6) is 1.79. The fourth-order valence-corrected chi connectivity index (χ4v) is 2.63. The number of nitrogens with zero attached hydrogens (tertiary/aromatic N) is 3. The van der Waals surface area contributed by atoms with Crippen molar-refractivity contribution in [3.63, 3.8) is 0 Å². The van der Waals surface area contributed by atoms with Gasteiger partial charge in [0.25, 0.3) is 5.69 Å². The van der Waals surface area contributed by atoms with Gasteiger partial charge in [-0.3, -0.25) is 15.2 Å². The van der Waals surface area contributed by atoms with Crippen molar-refractivity contribution in [2.75, 3.05) is 0 Å². The highest BCUT2D eigenvalue weighted by Crippen LogP contribution is 2.22. The minimum Gasteiger partial charge on any atom is -0.486 e. The Bertz CT molecular complexity index is 1070. The highest BCUT2D eigenvalue weighted by molar-refractivity contribution is 5.83. The van der Waals surface area contributed by atoms with Crippen molar-refractivity contribution < 1.29 is 9.66 Å². The molecule has 7 heteroatoms. The Labute approximate surface area is 148 Å². The summed E-state index contributed by atoms with van der Waals surface area (Å²) in [5.41, 5.74) is 0.730. The molecule has 1 heterocycles. The van der Waals surface area contributed by atoms with Gasteiger partial charge in [0.15, 0.2) is 11.6 Å². The summed E-state index contributed by atoms with van der Waals surface area (Å²) in [5, 5.41) is 19.9. The molecular weight excluding hydrogens is 332 g/mol. The first-order valence-corrected chi connectivity index (χ1v) is 7.97. The van der Waals surface area contributed by atoms with E-state index in [2.05, 4.69) is 15.2 Å². The summed E-state index contributed by atoms with van der Waals surface area (Å²) < 4.78 is 5.78. The molecule has 0 radical (unpaired) electrons. The van der Waals surface area contributed by atoms with Crippen molar-refractivity contribution in [1.29, 1.82) is 0 Å². The van der Waals surface area contributed by atoms with E-state index in [-0.39, 0.29) is 12.3 Å². The summed E-state index contributed by atoms with van der Waals surface area (Å²) in [6.45, 7) is 0.248. The topological polar surface area (TPSA) is 93.9 Å². The Kier molecular flexibility index (Phi) is 4.03. The Morgan fingerprint density at radius 3 is 2.54 bits per heavy atom. The lowest BCUT2D eigenvalue weighted by atomic mass is 10.1. The monoisotopic (exact) mass is 346 g/mol. The van der Waals surface area contributed by atoms with Crippen LogP contribution in [0.1, 0.15) is 5.82 Å². The zero-order valence-corrected chi connectivity index (χ0v) is 13.6. The van der Waals surface area contributed by atoms with Crippen LogP contribution in [0.5, 0.6) is 5.75 Å². The van der Waals surface area contributed by atoms with E-state index < -0.39 is 4.92 Å². The van der Waals surface area contributed by atoms with E-state index in [0.717, 1.165) is 16.5 Å². The average Bonchev–Trinajstić information content (AvgIpc) is 3.15. The zero-order chi connectivity index (χ0) is 17.9. The predicted octanol–water partition coefficient (Wildman–Crippen LogP) is 4.11. The molecule has 26 heavy (non-hydrogen) atoms. The zero-order valence-electron chi connectivity index (χ0n) is 13.6. The molecule has 0 spiro atoms. The van der Waals surface area contributed by atoms with Gasteiger partial charge in [0.2, 0.25) is 0 Å². The number of nitro benzene ring substituents is 1. The van der Waals surface area contributed by atoms with E-state index in [0.29, 0.717) is 17.2 Å². The van der Waals surface area contributed by atoms with Gasteiger partial charge in [0.05, 0.1) is 4.92 Å². The maximum absolute atomic E-state index is 10.7. The molecule has 0 saturated heterocycles. The van der Waals surface area contributed by atoms with Crippen molar-refractivity contribution in [1.82, 2.24) is 15.2 Å². The number of nitrogens with one attached hydrogen (secondary N) is 1. The van der Waals surface area contributed by atoms with E-state index in [9.17, 15) is 10.1 Å². The SMILES string of the molecule is O=[N+]([O-])c1ccc(-c2n[nH]c(COc3ccc4ccccc4c3)n2)cc1. The molecule has 1 aromatic heterocycles. The number of non-ortho nitro benzene ring substituents is 1. The van der Waals surface area contributed by atoms with Crippen LogP contribution in [0, 0.1) is 10.1 Å². The van der Waals surface area contributed by atoms with E-state index in [4.69, 9.17) is 4.74 Å². The van der Waals surface area contributed by atoms with Gasteiger partial charge in [-0.1, -0.05) is 30.3 Å². The number of ether oxygens (including phenoxy) is 1. The van der Waals surface area contributed by atoms with E-state index in [1.165, 1.54) is 12.1 Å². The van der Waals surface area contributed by atoms with Gasteiger partial charge < -0.3 is 4.74 Å². The summed E-state index contributed by atoms with van der Waals surface area (Å²) in [6, 6.07) is 20.1. The second kappa shape index (κ2) is 6.64. The number of hydrogen-bond donors (Lipinski definition) is 1. The molecule has 0 unspecified atom stereocenters. The van der Waals surface area contributed by atoms with Gasteiger partial charge in [-0.25, -0.2) is 4.98 Å². The fraction of sp³-hybridized carbons (Fsp3) is 0.0526. The van der Waals surface area contributed by atoms with Crippen molar-refractivity contribution in [3.05, 3.63) is 82.7 Å². The molecule has 0 aliphatic carbocycles. The van der Waals surface area contributed by atoms with Crippen LogP contribution < -0.4 is 4.74 Å². The molecule has 0 amide bonds. The molecule has 3 aromatic carbocycles. The number of H-pyrrole nitrogens is 1. The summed E-state index contributed by atoms with van der Waals surface area (Å²) in [4.78, 5) is 14.6. The smallest absolute Gasteiger partial charge is 0.269 e. The molecule has 1 N–H and O–H groups in total. The van der Waals surface area contributed by atoms with E-state index >= 15 is 0 Å². The number of hydrogen-bond acceptors (Lipinski definition) is 5. The van der Waals surface area contributed by atoms with E-state index in [1.54, 1.807) is 12.1 Å². The van der Waals surface area contributed by atoms with Crippen LogP contribution in [0.3, 0.4) is 0 Å². The predicted molar refractivity (Wildman–Crippen MR) is 96.8 cm³/mol. The second-order valence-electron chi connectivity index (χ2n) is 5.71. The van der Waals surface area contributed by atoms with Crippen LogP contribution in [0.25, 0.3) is 22.2 Å². The Morgan fingerprint density at radius 2 is 1.77 bits per heavy atom. The Hall–Kier alpha value is -3.74. The van der Waals surface area contributed by atoms with Crippen molar-refractivity contribution in [2.24, 2.45) is 0 Å². The van der Waals surface area contributed by atoms with Gasteiger partial charge in [-0.15, -0.1) is 0 Å².